The summed E-state index contributed by atoms with van der Waals surface area (Å²) in [5.41, 5.74) is 2.68. The second-order valence-corrected chi connectivity index (χ2v) is 8.38. The molecule has 0 aromatic heterocycles. The Balaban J connectivity index is 1.39. The van der Waals surface area contributed by atoms with Gasteiger partial charge in [-0.1, -0.05) is 12.1 Å². The number of nitrogens with one attached hydrogen (secondary N) is 3. The average molecular weight is 573 g/mol. The number of anilines is 1. The van der Waals surface area contributed by atoms with Gasteiger partial charge in [-0.05, 0) is 72.1 Å². The minimum absolute atomic E-state index is 0.00591. The van der Waals surface area contributed by atoms with Gasteiger partial charge in [0.2, 0.25) is 0 Å². The topological polar surface area (TPSA) is 127 Å². The van der Waals surface area contributed by atoms with Gasteiger partial charge in [0.25, 0.3) is 5.91 Å². The lowest BCUT2D eigenvalue weighted by molar-refractivity contribution is -0.139. The molecule has 0 saturated carbocycles. The normalized spacial score (nSPS) is 11.0. The zero-order valence-corrected chi connectivity index (χ0v) is 22.1. The van der Waals surface area contributed by atoms with E-state index in [1.807, 2.05) is 6.07 Å². The van der Waals surface area contributed by atoms with E-state index < -0.39 is 36.1 Å². The summed E-state index contributed by atoms with van der Waals surface area (Å²) in [4.78, 5) is 36.0. The number of hydrogen-bond donors (Lipinski definition) is 3. The van der Waals surface area contributed by atoms with Crippen LogP contribution < -0.4 is 30.3 Å². The predicted octanol–water partition coefficient (Wildman–Crippen LogP) is 3.55. The molecule has 0 saturated heterocycles. The molecule has 3 rings (SSSR count). The molecular weight excluding hydrogens is 545 g/mol. The number of hydrazone groups is 1. The van der Waals surface area contributed by atoms with Crippen LogP contribution in [0.15, 0.2) is 71.8 Å². The summed E-state index contributed by atoms with van der Waals surface area (Å²) in [5, 5.41) is 8.60. The summed E-state index contributed by atoms with van der Waals surface area (Å²) < 4.78 is 54.2. The summed E-state index contributed by atoms with van der Waals surface area (Å²) in [5.74, 6) is -0.976. The fraction of sp³-hybridized carbons (Fsp3) is 0.214. The smallest absolute Gasteiger partial charge is 0.416 e. The largest absolute Gasteiger partial charge is 0.493 e. The Kier molecular flexibility index (Phi) is 10.7. The Labute approximate surface area is 233 Å². The van der Waals surface area contributed by atoms with Gasteiger partial charge < -0.3 is 24.8 Å². The highest BCUT2D eigenvalue weighted by atomic mass is 19.4. The lowest BCUT2D eigenvalue weighted by Crippen LogP contribution is -2.38. The van der Waals surface area contributed by atoms with Crippen LogP contribution in [0.4, 0.5) is 18.9 Å². The zero-order valence-electron chi connectivity index (χ0n) is 22.1. The number of carbonyl (C=O) groups excluding carboxylic acids is 3. The van der Waals surface area contributed by atoms with Gasteiger partial charge in [-0.3, -0.25) is 14.4 Å². The van der Waals surface area contributed by atoms with Crippen LogP contribution in [0.25, 0.3) is 0 Å². The van der Waals surface area contributed by atoms with Crippen LogP contribution in [0.2, 0.25) is 0 Å². The lowest BCUT2D eigenvalue weighted by Gasteiger charge is -2.10. The summed E-state index contributed by atoms with van der Waals surface area (Å²) in [6.45, 7) is -0.217. The van der Waals surface area contributed by atoms with E-state index >= 15 is 0 Å². The maximum absolute atomic E-state index is 12.8. The highest BCUT2D eigenvalue weighted by Crippen LogP contribution is 2.30. The molecule has 0 aliphatic carbocycles. The van der Waals surface area contributed by atoms with E-state index in [2.05, 4.69) is 21.2 Å². The van der Waals surface area contributed by atoms with Crippen molar-refractivity contribution in [3.8, 4) is 17.2 Å². The second-order valence-electron chi connectivity index (χ2n) is 8.38. The van der Waals surface area contributed by atoms with Gasteiger partial charge in [0, 0.05) is 12.2 Å². The molecule has 0 bridgehead atoms. The van der Waals surface area contributed by atoms with Gasteiger partial charge in [-0.15, -0.1) is 0 Å². The number of carbonyl (C=O) groups is 3. The Hall–Kier alpha value is -5.07. The van der Waals surface area contributed by atoms with Crippen molar-refractivity contribution in [1.29, 1.82) is 0 Å². The molecule has 41 heavy (non-hydrogen) atoms. The maximum atomic E-state index is 12.8. The number of alkyl halides is 3. The molecule has 0 aliphatic rings. The fourth-order valence-corrected chi connectivity index (χ4v) is 3.42. The first kappa shape index (κ1) is 30.5. The van der Waals surface area contributed by atoms with Crippen LogP contribution >= 0.6 is 0 Å². The zero-order chi connectivity index (χ0) is 29.8. The third-order valence-corrected chi connectivity index (χ3v) is 5.46. The van der Waals surface area contributed by atoms with Crippen molar-refractivity contribution in [2.45, 2.75) is 12.6 Å². The number of benzene rings is 3. The predicted molar refractivity (Wildman–Crippen MR) is 144 cm³/mol. The van der Waals surface area contributed by atoms with Gasteiger partial charge >= 0.3 is 18.0 Å². The molecular formula is C28H27F3N4O6. The molecule has 3 N–H and O–H groups in total. The summed E-state index contributed by atoms with van der Waals surface area (Å²) in [6.07, 6.45) is -2.76. The van der Waals surface area contributed by atoms with Crippen LogP contribution in [0, 0.1) is 0 Å². The number of rotatable bonds is 11. The van der Waals surface area contributed by atoms with Crippen molar-refractivity contribution < 1.29 is 41.8 Å². The molecule has 0 fully saturated rings. The molecule has 216 valence electrons. The van der Waals surface area contributed by atoms with E-state index in [9.17, 15) is 27.6 Å². The summed E-state index contributed by atoms with van der Waals surface area (Å²) >= 11 is 0. The Bertz CT molecular complexity index is 1390. The number of ether oxygens (including phenoxy) is 3. The Morgan fingerprint density at radius 3 is 2.32 bits per heavy atom. The van der Waals surface area contributed by atoms with Crippen LogP contribution in [-0.2, 0) is 27.0 Å². The Morgan fingerprint density at radius 2 is 1.63 bits per heavy atom. The fourth-order valence-electron chi connectivity index (χ4n) is 3.42. The van der Waals surface area contributed by atoms with E-state index in [1.54, 1.807) is 24.3 Å². The third-order valence-electron chi connectivity index (χ3n) is 5.46. The monoisotopic (exact) mass is 572 g/mol. The third kappa shape index (κ3) is 9.56. The highest BCUT2D eigenvalue weighted by molar-refractivity contribution is 6.35. The first-order chi connectivity index (χ1) is 19.6. The van der Waals surface area contributed by atoms with E-state index in [-0.39, 0.29) is 12.2 Å². The van der Waals surface area contributed by atoms with Gasteiger partial charge in [0.15, 0.2) is 18.1 Å². The van der Waals surface area contributed by atoms with Crippen LogP contribution in [0.1, 0.15) is 16.7 Å². The molecule has 13 heteroatoms. The molecule has 3 aromatic rings. The number of methoxy groups -OCH3 is 2. The van der Waals surface area contributed by atoms with E-state index in [0.717, 1.165) is 17.7 Å². The average Bonchev–Trinajstić information content (AvgIpc) is 2.96. The van der Waals surface area contributed by atoms with Crippen molar-refractivity contribution in [2.24, 2.45) is 5.10 Å². The van der Waals surface area contributed by atoms with Gasteiger partial charge in [0.05, 0.1) is 26.0 Å². The van der Waals surface area contributed by atoms with Crippen LogP contribution in [0.5, 0.6) is 17.2 Å². The first-order valence-corrected chi connectivity index (χ1v) is 12.1. The molecule has 0 radical (unpaired) electrons. The molecule has 0 unspecified atom stereocenters. The number of hydrogen-bond acceptors (Lipinski definition) is 7. The maximum Gasteiger partial charge on any atom is 0.416 e. The molecule has 0 spiro atoms. The summed E-state index contributed by atoms with van der Waals surface area (Å²) in [6, 6.07) is 15.8. The SMILES string of the molecule is COc1ccc(CCNC(=O)C(=O)N/N=C\c2ccc(OCC(=O)Nc3cccc(C(F)(F)F)c3)cc2)cc1OC. The quantitative estimate of drug-likeness (QED) is 0.183. The van der Waals surface area contributed by atoms with Crippen molar-refractivity contribution in [2.75, 3.05) is 32.7 Å². The molecule has 0 aliphatic heterocycles. The number of amides is 3. The van der Waals surface area contributed by atoms with E-state index in [0.29, 0.717) is 29.2 Å². The van der Waals surface area contributed by atoms with Gasteiger partial charge in [-0.25, -0.2) is 5.43 Å². The Morgan fingerprint density at radius 1 is 0.902 bits per heavy atom. The number of halogens is 3. The molecule has 0 heterocycles. The van der Waals surface area contributed by atoms with Crippen LogP contribution in [-0.4, -0.2) is 51.3 Å². The van der Waals surface area contributed by atoms with E-state index in [1.165, 1.54) is 44.7 Å². The molecule has 3 amide bonds. The van der Waals surface area contributed by atoms with Crippen molar-refractivity contribution >= 4 is 29.6 Å². The minimum Gasteiger partial charge on any atom is -0.493 e. The van der Waals surface area contributed by atoms with Crippen molar-refractivity contribution in [1.82, 2.24) is 10.7 Å². The second kappa shape index (κ2) is 14.4. The standard InChI is InChI=1S/C28H27F3N4O6/c1-39-23-11-8-18(14-24(23)40-2)12-13-32-26(37)27(38)35-33-16-19-6-9-22(10-7-19)41-17-25(36)34-21-5-3-4-20(15-21)28(29,30)31/h3-11,14-16H,12-13,17H2,1-2H3,(H,32,37)(H,34,36)(H,35,38)/b33-16-. The van der Waals surface area contributed by atoms with Gasteiger partial charge in [-0.2, -0.15) is 18.3 Å². The van der Waals surface area contributed by atoms with Crippen molar-refractivity contribution in [3.63, 3.8) is 0 Å². The first-order valence-electron chi connectivity index (χ1n) is 12.1. The van der Waals surface area contributed by atoms with Crippen LogP contribution in [0.3, 0.4) is 0 Å². The lowest BCUT2D eigenvalue weighted by atomic mass is 10.1. The summed E-state index contributed by atoms with van der Waals surface area (Å²) in [7, 11) is 3.05. The highest BCUT2D eigenvalue weighted by Gasteiger charge is 2.30. The molecule has 0 atom stereocenters. The number of nitrogens with zero attached hydrogens (tertiary/aromatic N) is 1. The molecule has 3 aromatic carbocycles. The minimum atomic E-state index is -4.52. The van der Waals surface area contributed by atoms with E-state index in [4.69, 9.17) is 14.2 Å². The van der Waals surface area contributed by atoms with Gasteiger partial charge in [0.1, 0.15) is 5.75 Å². The molecule has 10 nitrogen and oxygen atoms in total. The van der Waals surface area contributed by atoms with Crippen molar-refractivity contribution in [3.05, 3.63) is 83.4 Å².